The molecule has 0 radical (unpaired) electrons. The Balaban J connectivity index is 1.36. The van der Waals surface area contributed by atoms with Crippen LogP contribution in [0.2, 0.25) is 5.02 Å². The first-order chi connectivity index (χ1) is 15.5. The van der Waals surface area contributed by atoms with Crippen LogP contribution in [-0.2, 0) is 6.54 Å². The average Bonchev–Trinajstić information content (AvgIpc) is 3.23. The Labute approximate surface area is 195 Å². The molecule has 0 bridgehead atoms. The van der Waals surface area contributed by atoms with E-state index in [0.717, 1.165) is 42.1 Å². The van der Waals surface area contributed by atoms with Crippen LogP contribution in [0.1, 0.15) is 18.5 Å². The molecular weight excluding hydrogens is 444 g/mol. The molecule has 4 aromatic rings. The van der Waals surface area contributed by atoms with Crippen LogP contribution in [0.25, 0.3) is 20.7 Å². The number of aromatic nitrogens is 3. The highest BCUT2D eigenvalue weighted by atomic mass is 35.5. The van der Waals surface area contributed by atoms with Crippen molar-refractivity contribution in [3.05, 3.63) is 75.9 Å². The quantitative estimate of drug-likeness (QED) is 0.427. The lowest BCUT2D eigenvalue weighted by atomic mass is 10.1. The van der Waals surface area contributed by atoms with Gasteiger partial charge in [-0.15, -0.1) is 11.3 Å². The van der Waals surface area contributed by atoms with Crippen molar-refractivity contribution < 1.29 is 4.74 Å². The smallest absolute Gasteiger partial charge is 0.271 e. The fourth-order valence-corrected chi connectivity index (χ4v) is 5.06. The number of benzene rings is 1. The lowest BCUT2D eigenvalue weighted by Gasteiger charge is -2.29. The molecular formula is C24H23ClN4O2S. The average molecular weight is 467 g/mol. The van der Waals surface area contributed by atoms with E-state index in [1.807, 2.05) is 48.5 Å². The molecule has 1 aromatic carbocycles. The molecule has 5 rings (SSSR count). The van der Waals surface area contributed by atoms with Crippen molar-refractivity contribution in [2.75, 3.05) is 20.1 Å². The van der Waals surface area contributed by atoms with Gasteiger partial charge >= 0.3 is 0 Å². The number of likely N-dealkylation sites (tertiary alicyclic amines) is 1. The fraction of sp³-hybridized carbons (Fsp3) is 0.292. The minimum atomic E-state index is -0.0661. The molecule has 8 heteroatoms. The maximum Gasteiger partial charge on any atom is 0.271 e. The lowest BCUT2D eigenvalue weighted by Crippen LogP contribution is -2.35. The van der Waals surface area contributed by atoms with Crippen molar-refractivity contribution >= 4 is 33.2 Å². The van der Waals surface area contributed by atoms with Crippen LogP contribution >= 0.6 is 22.9 Å². The number of piperidine rings is 1. The van der Waals surface area contributed by atoms with Crippen molar-refractivity contribution in [3.63, 3.8) is 0 Å². The molecule has 0 aliphatic carbocycles. The van der Waals surface area contributed by atoms with E-state index in [0.29, 0.717) is 27.7 Å². The predicted molar refractivity (Wildman–Crippen MR) is 129 cm³/mol. The van der Waals surface area contributed by atoms with Crippen molar-refractivity contribution in [1.82, 2.24) is 19.4 Å². The zero-order chi connectivity index (χ0) is 22.1. The summed E-state index contributed by atoms with van der Waals surface area (Å²) in [6, 6.07) is 15.3. The van der Waals surface area contributed by atoms with Gasteiger partial charge in [0.1, 0.15) is 10.8 Å². The maximum atomic E-state index is 13.1. The summed E-state index contributed by atoms with van der Waals surface area (Å²) in [5, 5.41) is 0.685. The SMILES string of the molecule is CN1CCC(Oc2cccc(Cn3cnc4cc(-c5ccc(Cl)cc5)sc4c3=O)n2)CC1. The van der Waals surface area contributed by atoms with E-state index in [9.17, 15) is 4.79 Å². The first-order valence-corrected chi connectivity index (χ1v) is 11.8. The zero-order valence-corrected chi connectivity index (χ0v) is 19.3. The molecule has 0 spiro atoms. The highest BCUT2D eigenvalue weighted by Gasteiger charge is 2.18. The number of rotatable bonds is 5. The van der Waals surface area contributed by atoms with Crippen LogP contribution in [0, 0.1) is 0 Å². The number of thiophene rings is 1. The van der Waals surface area contributed by atoms with Crippen LogP contribution in [-0.4, -0.2) is 45.7 Å². The van der Waals surface area contributed by atoms with Crippen molar-refractivity contribution in [2.45, 2.75) is 25.5 Å². The van der Waals surface area contributed by atoms with Crippen LogP contribution in [0.15, 0.2) is 59.7 Å². The van der Waals surface area contributed by atoms with Crippen LogP contribution < -0.4 is 10.3 Å². The zero-order valence-electron chi connectivity index (χ0n) is 17.7. The summed E-state index contributed by atoms with van der Waals surface area (Å²) in [6.45, 7) is 2.41. The van der Waals surface area contributed by atoms with Gasteiger partial charge in [0, 0.05) is 29.1 Å². The van der Waals surface area contributed by atoms with Gasteiger partial charge < -0.3 is 9.64 Å². The third-order valence-electron chi connectivity index (χ3n) is 5.70. The van der Waals surface area contributed by atoms with Crippen molar-refractivity contribution in [2.24, 2.45) is 0 Å². The number of pyridine rings is 1. The Morgan fingerprint density at radius 1 is 1.16 bits per heavy atom. The third-order valence-corrected chi connectivity index (χ3v) is 7.11. The van der Waals surface area contributed by atoms with Crippen LogP contribution in [0.4, 0.5) is 0 Å². The summed E-state index contributed by atoms with van der Waals surface area (Å²) < 4.78 is 8.33. The minimum Gasteiger partial charge on any atom is -0.474 e. The molecule has 164 valence electrons. The van der Waals surface area contributed by atoms with E-state index >= 15 is 0 Å². The number of nitrogens with zero attached hydrogens (tertiary/aromatic N) is 4. The highest BCUT2D eigenvalue weighted by Crippen LogP contribution is 2.31. The van der Waals surface area contributed by atoms with Crippen molar-refractivity contribution in [1.29, 1.82) is 0 Å². The molecule has 6 nitrogen and oxygen atoms in total. The Hall–Kier alpha value is -2.74. The molecule has 1 aliphatic heterocycles. The van der Waals surface area contributed by atoms with E-state index in [1.54, 1.807) is 10.9 Å². The number of ether oxygens (including phenoxy) is 1. The molecule has 0 unspecified atom stereocenters. The fourth-order valence-electron chi connectivity index (χ4n) is 3.87. The number of hydrogen-bond acceptors (Lipinski definition) is 6. The van der Waals surface area contributed by atoms with Gasteiger partial charge in [0.2, 0.25) is 5.88 Å². The summed E-state index contributed by atoms with van der Waals surface area (Å²) >= 11 is 7.44. The number of fused-ring (bicyclic) bond motifs is 1. The Bertz CT molecular complexity index is 1290. The lowest BCUT2D eigenvalue weighted by molar-refractivity contribution is 0.110. The predicted octanol–water partition coefficient (Wildman–Crippen LogP) is 4.69. The summed E-state index contributed by atoms with van der Waals surface area (Å²) in [7, 11) is 2.13. The number of hydrogen-bond donors (Lipinski definition) is 0. The van der Waals surface area contributed by atoms with Gasteiger partial charge in [-0.2, -0.15) is 0 Å². The summed E-state index contributed by atoms with van der Waals surface area (Å²) in [6.07, 6.45) is 3.77. The van der Waals surface area contributed by atoms with E-state index in [4.69, 9.17) is 16.3 Å². The standard InChI is InChI=1S/C24H23ClN4O2S/c1-28-11-9-19(10-12-28)31-22-4-2-3-18(27-22)14-29-15-26-20-13-21(32-23(20)24(29)30)16-5-7-17(25)8-6-16/h2-8,13,15,19H,9-12,14H2,1H3. The van der Waals surface area contributed by atoms with E-state index in [-0.39, 0.29) is 11.7 Å². The molecule has 1 fully saturated rings. The van der Waals surface area contributed by atoms with E-state index < -0.39 is 0 Å². The Kier molecular flexibility index (Phi) is 5.95. The van der Waals surface area contributed by atoms with Crippen molar-refractivity contribution in [3.8, 4) is 16.3 Å². The van der Waals surface area contributed by atoms with Gasteiger partial charge in [0.15, 0.2) is 0 Å². The summed E-state index contributed by atoms with van der Waals surface area (Å²) in [4.78, 5) is 25.6. The summed E-state index contributed by atoms with van der Waals surface area (Å²) in [5.74, 6) is 0.611. The largest absolute Gasteiger partial charge is 0.474 e. The maximum absolute atomic E-state index is 13.1. The molecule has 0 saturated carbocycles. The first-order valence-electron chi connectivity index (χ1n) is 10.6. The highest BCUT2D eigenvalue weighted by molar-refractivity contribution is 7.22. The van der Waals surface area contributed by atoms with Gasteiger partial charge in [0.05, 0.1) is 24.1 Å². The monoisotopic (exact) mass is 466 g/mol. The third kappa shape index (κ3) is 4.55. The van der Waals surface area contributed by atoms with Crippen LogP contribution in [0.3, 0.4) is 0 Å². The van der Waals surface area contributed by atoms with Gasteiger partial charge in [-0.1, -0.05) is 29.8 Å². The molecule has 0 N–H and O–H groups in total. The number of halogens is 1. The van der Waals surface area contributed by atoms with E-state index in [1.165, 1.54) is 11.3 Å². The Morgan fingerprint density at radius 2 is 1.94 bits per heavy atom. The molecule has 0 amide bonds. The first kappa shape index (κ1) is 21.1. The second-order valence-corrected chi connectivity index (χ2v) is 9.59. The molecule has 1 aliphatic rings. The Morgan fingerprint density at radius 3 is 2.72 bits per heavy atom. The van der Waals surface area contributed by atoms with E-state index in [2.05, 4.69) is 21.9 Å². The second kappa shape index (κ2) is 9.02. The molecule has 32 heavy (non-hydrogen) atoms. The normalized spacial score (nSPS) is 15.3. The second-order valence-electron chi connectivity index (χ2n) is 8.10. The molecule has 0 atom stereocenters. The van der Waals surface area contributed by atoms with Gasteiger partial charge in [-0.3, -0.25) is 9.36 Å². The molecule has 4 heterocycles. The molecule has 1 saturated heterocycles. The van der Waals surface area contributed by atoms with Gasteiger partial charge in [-0.25, -0.2) is 9.97 Å². The summed E-state index contributed by atoms with van der Waals surface area (Å²) in [5.41, 5.74) is 2.43. The van der Waals surface area contributed by atoms with Crippen LogP contribution in [0.5, 0.6) is 5.88 Å². The van der Waals surface area contributed by atoms with Gasteiger partial charge in [-0.05, 0) is 49.7 Å². The molecule has 3 aromatic heterocycles. The van der Waals surface area contributed by atoms with Gasteiger partial charge in [0.25, 0.3) is 5.56 Å². The minimum absolute atomic E-state index is 0.0661. The topological polar surface area (TPSA) is 60.2 Å².